The van der Waals surface area contributed by atoms with Crippen LogP contribution in [0.25, 0.3) is 0 Å². The molecule has 1 heterocycles. The molecule has 0 spiro atoms. The minimum Gasteiger partial charge on any atom is -0.473 e. The van der Waals surface area contributed by atoms with Crippen LogP contribution in [-0.2, 0) is 0 Å². The molecule has 0 aliphatic rings. The summed E-state index contributed by atoms with van der Waals surface area (Å²) in [6, 6.07) is 10.8. The van der Waals surface area contributed by atoms with Gasteiger partial charge in [-0.1, -0.05) is 12.1 Å². The van der Waals surface area contributed by atoms with Gasteiger partial charge in [0, 0.05) is 10.7 Å². The van der Waals surface area contributed by atoms with E-state index in [9.17, 15) is 4.79 Å². The Morgan fingerprint density at radius 3 is 2.70 bits per heavy atom. The van der Waals surface area contributed by atoms with Crippen molar-refractivity contribution in [3.05, 3.63) is 52.6 Å². The third-order valence-corrected chi connectivity index (χ3v) is 3.18. The third-order valence-electron chi connectivity index (χ3n) is 2.49. The van der Waals surface area contributed by atoms with Crippen molar-refractivity contribution < 1.29 is 9.53 Å². The van der Waals surface area contributed by atoms with E-state index in [4.69, 9.17) is 4.74 Å². The molecule has 2 aromatic rings. The van der Waals surface area contributed by atoms with Crippen molar-refractivity contribution >= 4 is 27.5 Å². The number of amides is 1. The summed E-state index contributed by atoms with van der Waals surface area (Å²) in [7, 11) is 0. The van der Waals surface area contributed by atoms with Gasteiger partial charge in [0.15, 0.2) is 0 Å². The molecule has 1 aromatic carbocycles. The first-order valence-corrected chi connectivity index (χ1v) is 7.05. The molecule has 0 saturated heterocycles. The number of carbonyl (C=O) groups excluding carboxylic acids is 1. The molecule has 0 atom stereocenters. The Hall–Kier alpha value is -1.88. The van der Waals surface area contributed by atoms with E-state index in [0.717, 1.165) is 4.47 Å². The van der Waals surface area contributed by atoms with Crippen LogP contribution in [-0.4, -0.2) is 17.0 Å². The molecule has 0 saturated carbocycles. The van der Waals surface area contributed by atoms with Crippen LogP contribution in [0.1, 0.15) is 24.2 Å². The molecule has 1 amide bonds. The van der Waals surface area contributed by atoms with Gasteiger partial charge in [-0.3, -0.25) is 4.79 Å². The number of pyridine rings is 1. The summed E-state index contributed by atoms with van der Waals surface area (Å²) in [4.78, 5) is 16.4. The lowest BCUT2D eigenvalue weighted by atomic mass is 10.2. The normalized spacial score (nSPS) is 10.4. The summed E-state index contributed by atoms with van der Waals surface area (Å²) in [5, 5.41) is 2.82. The van der Waals surface area contributed by atoms with Crippen molar-refractivity contribution in [3.63, 3.8) is 0 Å². The van der Waals surface area contributed by atoms with E-state index in [1.807, 2.05) is 32.0 Å². The summed E-state index contributed by atoms with van der Waals surface area (Å²) >= 11 is 3.36. The van der Waals surface area contributed by atoms with Crippen LogP contribution in [0.4, 0.5) is 5.69 Å². The van der Waals surface area contributed by atoms with Crippen molar-refractivity contribution in [2.45, 2.75) is 20.0 Å². The summed E-state index contributed by atoms with van der Waals surface area (Å²) in [5.41, 5.74) is 1.12. The van der Waals surface area contributed by atoms with Gasteiger partial charge in [0.1, 0.15) is 5.69 Å². The lowest BCUT2D eigenvalue weighted by molar-refractivity contribution is 0.102. The van der Waals surface area contributed by atoms with Gasteiger partial charge >= 0.3 is 0 Å². The SMILES string of the molecule is CC(C)Oc1ncccc1NC(=O)c1ccccc1Br. The van der Waals surface area contributed by atoms with E-state index < -0.39 is 0 Å². The van der Waals surface area contributed by atoms with E-state index >= 15 is 0 Å². The van der Waals surface area contributed by atoms with Gasteiger partial charge < -0.3 is 10.1 Å². The highest BCUT2D eigenvalue weighted by molar-refractivity contribution is 9.10. The summed E-state index contributed by atoms with van der Waals surface area (Å²) in [6.45, 7) is 3.82. The van der Waals surface area contributed by atoms with Crippen LogP contribution in [0.15, 0.2) is 47.1 Å². The standard InChI is InChI=1S/C15H15BrN2O2/c1-10(2)20-15-13(8-5-9-17-15)18-14(19)11-6-3-4-7-12(11)16/h3-10H,1-2H3,(H,18,19). The first-order chi connectivity index (χ1) is 9.58. The Labute approximate surface area is 126 Å². The summed E-state index contributed by atoms with van der Waals surface area (Å²) in [6.07, 6.45) is 1.62. The van der Waals surface area contributed by atoms with Gasteiger partial charge in [0.25, 0.3) is 5.91 Å². The van der Waals surface area contributed by atoms with Crippen molar-refractivity contribution in [2.75, 3.05) is 5.32 Å². The maximum absolute atomic E-state index is 12.2. The Morgan fingerprint density at radius 2 is 2.00 bits per heavy atom. The van der Waals surface area contributed by atoms with Crippen LogP contribution < -0.4 is 10.1 Å². The number of hydrogen-bond acceptors (Lipinski definition) is 3. The van der Waals surface area contributed by atoms with Gasteiger partial charge in [-0.2, -0.15) is 0 Å². The summed E-state index contributed by atoms with van der Waals surface area (Å²) < 4.78 is 6.32. The molecule has 0 unspecified atom stereocenters. The van der Waals surface area contributed by atoms with Crippen molar-refractivity contribution in [3.8, 4) is 5.88 Å². The average molecular weight is 335 g/mol. The Bertz CT molecular complexity index is 614. The monoisotopic (exact) mass is 334 g/mol. The van der Waals surface area contributed by atoms with Crippen LogP contribution in [0, 0.1) is 0 Å². The molecule has 0 radical (unpaired) electrons. The molecular weight excluding hydrogens is 320 g/mol. The molecule has 2 rings (SSSR count). The minimum absolute atomic E-state index is 0.0102. The van der Waals surface area contributed by atoms with Crippen LogP contribution in [0.2, 0.25) is 0 Å². The predicted octanol–water partition coefficient (Wildman–Crippen LogP) is 3.88. The maximum atomic E-state index is 12.2. The van der Waals surface area contributed by atoms with Crippen LogP contribution in [0.5, 0.6) is 5.88 Å². The minimum atomic E-state index is -0.209. The fraction of sp³-hybridized carbons (Fsp3) is 0.200. The van der Waals surface area contributed by atoms with Crippen molar-refractivity contribution in [1.29, 1.82) is 0 Å². The zero-order valence-electron chi connectivity index (χ0n) is 11.3. The first-order valence-electron chi connectivity index (χ1n) is 6.25. The van der Waals surface area contributed by atoms with E-state index in [-0.39, 0.29) is 12.0 Å². The molecule has 5 heteroatoms. The number of aromatic nitrogens is 1. The number of hydrogen-bond donors (Lipinski definition) is 1. The third kappa shape index (κ3) is 3.57. The molecule has 1 N–H and O–H groups in total. The van der Waals surface area contributed by atoms with Gasteiger partial charge in [-0.25, -0.2) is 4.98 Å². The van der Waals surface area contributed by atoms with E-state index in [1.54, 1.807) is 24.4 Å². The number of halogens is 1. The molecular formula is C15H15BrN2O2. The maximum Gasteiger partial charge on any atom is 0.256 e. The molecule has 0 aliphatic heterocycles. The largest absolute Gasteiger partial charge is 0.473 e. The second-order valence-corrected chi connectivity index (χ2v) is 5.31. The molecule has 0 aliphatic carbocycles. The first kappa shape index (κ1) is 14.5. The Kier molecular flexibility index (Phi) is 4.74. The van der Waals surface area contributed by atoms with Crippen molar-refractivity contribution in [1.82, 2.24) is 4.98 Å². The van der Waals surface area contributed by atoms with Crippen LogP contribution >= 0.6 is 15.9 Å². The highest BCUT2D eigenvalue weighted by Crippen LogP contribution is 2.24. The number of anilines is 1. The number of rotatable bonds is 4. The second-order valence-electron chi connectivity index (χ2n) is 4.46. The zero-order chi connectivity index (χ0) is 14.5. The fourth-order valence-corrected chi connectivity index (χ4v) is 2.10. The molecule has 104 valence electrons. The highest BCUT2D eigenvalue weighted by Gasteiger charge is 2.13. The molecule has 0 bridgehead atoms. The summed E-state index contributed by atoms with van der Waals surface area (Å²) in [5.74, 6) is 0.210. The zero-order valence-corrected chi connectivity index (χ0v) is 12.8. The average Bonchev–Trinajstić information content (AvgIpc) is 2.41. The number of ether oxygens (including phenoxy) is 1. The number of carbonyl (C=O) groups is 1. The highest BCUT2D eigenvalue weighted by atomic mass is 79.9. The number of benzene rings is 1. The smallest absolute Gasteiger partial charge is 0.256 e. The van der Waals surface area contributed by atoms with Crippen LogP contribution in [0.3, 0.4) is 0 Å². The molecule has 1 aromatic heterocycles. The second kappa shape index (κ2) is 6.52. The number of nitrogens with one attached hydrogen (secondary N) is 1. The predicted molar refractivity (Wildman–Crippen MR) is 82.1 cm³/mol. The Morgan fingerprint density at radius 1 is 1.25 bits per heavy atom. The van der Waals surface area contributed by atoms with E-state index in [2.05, 4.69) is 26.2 Å². The topological polar surface area (TPSA) is 51.2 Å². The molecule has 4 nitrogen and oxygen atoms in total. The molecule has 20 heavy (non-hydrogen) atoms. The van der Waals surface area contributed by atoms with E-state index in [1.165, 1.54) is 0 Å². The van der Waals surface area contributed by atoms with Gasteiger partial charge in [0.2, 0.25) is 5.88 Å². The van der Waals surface area contributed by atoms with Gasteiger partial charge in [-0.15, -0.1) is 0 Å². The van der Waals surface area contributed by atoms with E-state index in [0.29, 0.717) is 17.1 Å². The van der Waals surface area contributed by atoms with Crippen molar-refractivity contribution in [2.24, 2.45) is 0 Å². The van der Waals surface area contributed by atoms with Gasteiger partial charge in [0.05, 0.1) is 11.7 Å². The lowest BCUT2D eigenvalue weighted by Gasteiger charge is -2.13. The Balaban J connectivity index is 2.22. The number of nitrogens with zero attached hydrogens (tertiary/aromatic N) is 1. The quantitative estimate of drug-likeness (QED) is 0.922. The van der Waals surface area contributed by atoms with Gasteiger partial charge in [-0.05, 0) is 54.0 Å². The lowest BCUT2D eigenvalue weighted by Crippen LogP contribution is -2.15. The molecule has 0 fully saturated rings. The fourth-order valence-electron chi connectivity index (χ4n) is 1.64.